The van der Waals surface area contributed by atoms with Crippen LogP contribution in [0.3, 0.4) is 0 Å². The lowest BCUT2D eigenvalue weighted by Crippen LogP contribution is -2.16. The number of nitrogens with two attached hydrogens (primary N) is 1. The molecule has 4 nitrogen and oxygen atoms in total. The fourth-order valence-electron chi connectivity index (χ4n) is 1.88. The molecule has 19 heavy (non-hydrogen) atoms. The highest BCUT2D eigenvalue weighted by molar-refractivity contribution is 8.00. The van der Waals surface area contributed by atoms with Crippen molar-refractivity contribution < 1.29 is 9.53 Å². The summed E-state index contributed by atoms with van der Waals surface area (Å²) in [4.78, 5) is 11.7. The van der Waals surface area contributed by atoms with Gasteiger partial charge in [0.25, 0.3) is 0 Å². The zero-order valence-electron chi connectivity index (χ0n) is 10.5. The van der Waals surface area contributed by atoms with Crippen LogP contribution >= 0.6 is 23.4 Å². The summed E-state index contributed by atoms with van der Waals surface area (Å²) in [6.07, 6.45) is 2.54. The molecule has 1 saturated heterocycles. The van der Waals surface area contributed by atoms with Crippen molar-refractivity contribution in [1.82, 2.24) is 0 Å². The summed E-state index contributed by atoms with van der Waals surface area (Å²) in [5.74, 6) is 1.25. The van der Waals surface area contributed by atoms with Gasteiger partial charge in [-0.25, -0.2) is 0 Å². The molecular formula is C13H17ClN2O2S. The van der Waals surface area contributed by atoms with E-state index in [4.69, 9.17) is 22.1 Å². The van der Waals surface area contributed by atoms with Crippen molar-refractivity contribution in [2.24, 2.45) is 0 Å². The number of thioether (sulfide) groups is 1. The van der Waals surface area contributed by atoms with Gasteiger partial charge in [0.05, 0.1) is 22.6 Å². The fourth-order valence-corrected chi connectivity index (χ4v) is 2.90. The van der Waals surface area contributed by atoms with E-state index in [9.17, 15) is 4.79 Å². The zero-order chi connectivity index (χ0) is 13.7. The Morgan fingerprint density at radius 3 is 3.11 bits per heavy atom. The highest BCUT2D eigenvalue weighted by atomic mass is 35.5. The number of anilines is 2. The van der Waals surface area contributed by atoms with Crippen molar-refractivity contribution in [2.45, 2.75) is 18.9 Å². The van der Waals surface area contributed by atoms with Crippen LogP contribution in [-0.4, -0.2) is 30.1 Å². The number of nitrogens with one attached hydrogen (secondary N) is 1. The minimum atomic E-state index is -0.0373. The van der Waals surface area contributed by atoms with Gasteiger partial charge in [-0.1, -0.05) is 11.6 Å². The molecule has 0 aliphatic carbocycles. The van der Waals surface area contributed by atoms with Crippen LogP contribution in [0.2, 0.25) is 5.02 Å². The maximum absolute atomic E-state index is 11.7. The Morgan fingerprint density at radius 1 is 1.58 bits per heavy atom. The fraction of sp³-hybridized carbons (Fsp3) is 0.462. The predicted molar refractivity (Wildman–Crippen MR) is 80.8 cm³/mol. The highest BCUT2D eigenvalue weighted by Gasteiger charge is 2.15. The average molecular weight is 301 g/mol. The SMILES string of the molecule is Nc1cc(NC(=O)CSCC2CCCO2)ccc1Cl. The number of halogens is 1. The second-order valence-corrected chi connectivity index (χ2v) is 5.87. The summed E-state index contributed by atoms with van der Waals surface area (Å²) < 4.78 is 5.50. The smallest absolute Gasteiger partial charge is 0.234 e. The number of rotatable bonds is 5. The molecule has 6 heteroatoms. The number of hydrogen-bond acceptors (Lipinski definition) is 4. The molecule has 1 aliphatic rings. The third-order valence-corrected chi connectivity index (χ3v) is 4.26. The highest BCUT2D eigenvalue weighted by Crippen LogP contribution is 2.22. The number of carbonyl (C=O) groups excluding carboxylic acids is 1. The van der Waals surface area contributed by atoms with Crippen LogP contribution in [0.15, 0.2) is 18.2 Å². The lowest BCUT2D eigenvalue weighted by Gasteiger charge is -2.09. The van der Waals surface area contributed by atoms with Gasteiger partial charge in [0.1, 0.15) is 0 Å². The first kappa shape index (κ1) is 14.5. The van der Waals surface area contributed by atoms with Crippen molar-refractivity contribution in [1.29, 1.82) is 0 Å². The van der Waals surface area contributed by atoms with Crippen molar-refractivity contribution in [2.75, 3.05) is 29.2 Å². The van der Waals surface area contributed by atoms with Gasteiger partial charge >= 0.3 is 0 Å². The summed E-state index contributed by atoms with van der Waals surface area (Å²) in [6.45, 7) is 0.849. The van der Waals surface area contributed by atoms with Crippen LogP contribution in [0.25, 0.3) is 0 Å². The maximum atomic E-state index is 11.7. The van der Waals surface area contributed by atoms with Gasteiger partial charge in [-0.15, -0.1) is 11.8 Å². The first-order chi connectivity index (χ1) is 9.15. The van der Waals surface area contributed by atoms with E-state index in [1.807, 2.05) is 0 Å². The van der Waals surface area contributed by atoms with Crippen molar-refractivity contribution in [3.8, 4) is 0 Å². The molecule has 1 fully saturated rings. The summed E-state index contributed by atoms with van der Waals surface area (Å²) in [7, 11) is 0. The summed E-state index contributed by atoms with van der Waals surface area (Å²) in [6, 6.07) is 5.07. The molecule has 2 rings (SSSR count). The van der Waals surface area contributed by atoms with Crippen LogP contribution in [-0.2, 0) is 9.53 Å². The summed E-state index contributed by atoms with van der Waals surface area (Å²) >= 11 is 7.41. The molecule has 1 atom stereocenters. The average Bonchev–Trinajstić information content (AvgIpc) is 2.87. The molecule has 0 spiro atoms. The Morgan fingerprint density at radius 2 is 2.42 bits per heavy atom. The van der Waals surface area contributed by atoms with Crippen LogP contribution in [0.4, 0.5) is 11.4 Å². The van der Waals surface area contributed by atoms with E-state index in [-0.39, 0.29) is 5.91 Å². The normalized spacial score (nSPS) is 18.5. The van der Waals surface area contributed by atoms with Gasteiger partial charge in [0, 0.05) is 18.0 Å². The molecule has 1 aromatic carbocycles. The van der Waals surface area contributed by atoms with Crippen molar-refractivity contribution in [3.63, 3.8) is 0 Å². The third-order valence-electron chi connectivity index (χ3n) is 2.84. The molecular weight excluding hydrogens is 284 g/mol. The molecule has 1 aliphatic heterocycles. The topological polar surface area (TPSA) is 64.3 Å². The minimum Gasteiger partial charge on any atom is -0.397 e. The first-order valence-electron chi connectivity index (χ1n) is 6.19. The van der Waals surface area contributed by atoms with Crippen molar-refractivity contribution >= 4 is 40.6 Å². The summed E-state index contributed by atoms with van der Waals surface area (Å²) in [5.41, 5.74) is 6.81. The molecule has 0 saturated carbocycles. The molecule has 0 radical (unpaired) electrons. The molecule has 3 N–H and O–H groups in total. The second-order valence-electron chi connectivity index (χ2n) is 4.43. The zero-order valence-corrected chi connectivity index (χ0v) is 12.1. The van der Waals surface area contributed by atoms with Crippen LogP contribution in [0.1, 0.15) is 12.8 Å². The Kier molecular flexibility index (Phi) is 5.36. The number of ether oxygens (including phenoxy) is 1. The van der Waals surface area contributed by atoms with Gasteiger partial charge in [-0.3, -0.25) is 4.79 Å². The number of hydrogen-bond donors (Lipinski definition) is 2. The first-order valence-corrected chi connectivity index (χ1v) is 7.72. The van der Waals surface area contributed by atoms with Gasteiger partial charge in [-0.05, 0) is 31.0 Å². The standard InChI is InChI=1S/C13H17ClN2O2S/c14-11-4-3-9(6-12(11)15)16-13(17)8-19-7-10-2-1-5-18-10/h3-4,6,10H,1-2,5,7-8,15H2,(H,16,17). The number of carbonyl (C=O) groups is 1. The second kappa shape index (κ2) is 7.03. The van der Waals surface area contributed by atoms with E-state index in [2.05, 4.69) is 5.32 Å². The van der Waals surface area contributed by atoms with Gasteiger partial charge in [-0.2, -0.15) is 0 Å². The molecule has 1 heterocycles. The molecule has 1 aromatic rings. The molecule has 1 unspecified atom stereocenters. The monoisotopic (exact) mass is 300 g/mol. The number of nitrogen functional groups attached to an aromatic ring is 1. The van der Waals surface area contributed by atoms with Gasteiger partial charge in [0.15, 0.2) is 0 Å². The lowest BCUT2D eigenvalue weighted by molar-refractivity contribution is -0.113. The Hall–Kier alpha value is -0.910. The summed E-state index contributed by atoms with van der Waals surface area (Å²) in [5, 5.41) is 3.29. The Bertz CT molecular complexity index is 450. The van der Waals surface area contributed by atoms with E-state index in [0.717, 1.165) is 25.2 Å². The largest absolute Gasteiger partial charge is 0.397 e. The van der Waals surface area contributed by atoms with Crippen LogP contribution < -0.4 is 11.1 Å². The minimum absolute atomic E-state index is 0.0373. The van der Waals surface area contributed by atoms with Crippen LogP contribution in [0, 0.1) is 0 Å². The predicted octanol–water partition coefficient (Wildman–Crippen LogP) is 2.77. The van der Waals surface area contributed by atoms with Gasteiger partial charge in [0.2, 0.25) is 5.91 Å². The number of amides is 1. The van der Waals surface area contributed by atoms with E-state index < -0.39 is 0 Å². The third kappa shape index (κ3) is 4.60. The van der Waals surface area contributed by atoms with Crippen LogP contribution in [0.5, 0.6) is 0 Å². The quantitative estimate of drug-likeness (QED) is 0.821. The van der Waals surface area contributed by atoms with Crippen molar-refractivity contribution in [3.05, 3.63) is 23.2 Å². The number of benzene rings is 1. The van der Waals surface area contributed by atoms with E-state index in [1.54, 1.807) is 30.0 Å². The van der Waals surface area contributed by atoms with E-state index >= 15 is 0 Å². The molecule has 1 amide bonds. The van der Waals surface area contributed by atoms with Gasteiger partial charge < -0.3 is 15.8 Å². The van der Waals surface area contributed by atoms with E-state index in [1.165, 1.54) is 0 Å². The molecule has 0 aromatic heterocycles. The van der Waals surface area contributed by atoms with E-state index in [0.29, 0.717) is 28.3 Å². The lowest BCUT2D eigenvalue weighted by atomic mass is 10.3. The Labute approximate surface area is 122 Å². The Balaban J connectivity index is 1.72. The molecule has 0 bridgehead atoms. The molecule has 104 valence electrons. The maximum Gasteiger partial charge on any atom is 0.234 e.